The van der Waals surface area contributed by atoms with Crippen LogP contribution in [0.1, 0.15) is 13.8 Å². The Kier molecular flexibility index (Phi) is 4.22. The molecule has 0 saturated carbocycles. The summed E-state index contributed by atoms with van der Waals surface area (Å²) in [5.41, 5.74) is 0. The Morgan fingerprint density at radius 1 is 1.78 bits per heavy atom. The van der Waals surface area contributed by atoms with Crippen LogP contribution >= 0.6 is 0 Å². The highest BCUT2D eigenvalue weighted by Gasteiger charge is 1.97. The number of carbonyl (C=O) groups is 1. The van der Waals surface area contributed by atoms with Crippen LogP contribution in [0.5, 0.6) is 0 Å². The molecule has 0 fully saturated rings. The van der Waals surface area contributed by atoms with Crippen LogP contribution in [0.3, 0.4) is 0 Å². The van der Waals surface area contributed by atoms with Crippen LogP contribution in [0.4, 0.5) is 4.39 Å². The van der Waals surface area contributed by atoms with Gasteiger partial charge in [-0.1, -0.05) is 0 Å². The number of ketones is 1. The predicted molar refractivity (Wildman–Crippen MR) is 32.1 cm³/mol. The molecule has 0 spiro atoms. The fourth-order valence-electron chi connectivity index (χ4n) is 0.365. The molecule has 0 rings (SSSR count). The van der Waals surface area contributed by atoms with Crippen molar-refractivity contribution in [3.8, 4) is 0 Å². The zero-order valence-corrected chi connectivity index (χ0v) is 5.69. The standard InChI is InChI=1S/C6H11FO2/c1-5(7)3-9-4-6(2)8/h5H,3-4H2,1-2H3. The van der Waals surface area contributed by atoms with Gasteiger partial charge in [-0.25, -0.2) is 4.39 Å². The van der Waals surface area contributed by atoms with Crippen molar-refractivity contribution in [2.75, 3.05) is 13.2 Å². The minimum atomic E-state index is -0.982. The van der Waals surface area contributed by atoms with E-state index in [1.807, 2.05) is 0 Å². The van der Waals surface area contributed by atoms with Crippen molar-refractivity contribution in [2.24, 2.45) is 0 Å². The topological polar surface area (TPSA) is 26.3 Å². The Balaban J connectivity index is 3.01. The third kappa shape index (κ3) is 7.56. The largest absolute Gasteiger partial charge is 0.371 e. The molecule has 0 radical (unpaired) electrons. The van der Waals surface area contributed by atoms with Gasteiger partial charge in [0.1, 0.15) is 12.8 Å². The van der Waals surface area contributed by atoms with Gasteiger partial charge in [0.05, 0.1) is 6.61 Å². The number of Topliss-reactive ketones (excluding diaryl/α,β-unsaturated/α-hetero) is 1. The highest BCUT2D eigenvalue weighted by molar-refractivity contribution is 5.76. The summed E-state index contributed by atoms with van der Waals surface area (Å²) in [5, 5.41) is 0. The molecule has 2 nitrogen and oxygen atoms in total. The van der Waals surface area contributed by atoms with E-state index in [2.05, 4.69) is 4.74 Å². The van der Waals surface area contributed by atoms with Crippen molar-refractivity contribution in [3.05, 3.63) is 0 Å². The first-order valence-electron chi connectivity index (χ1n) is 2.84. The third-order valence-corrected chi connectivity index (χ3v) is 0.653. The summed E-state index contributed by atoms with van der Waals surface area (Å²) in [6.07, 6.45) is -0.982. The van der Waals surface area contributed by atoms with Gasteiger partial charge in [-0.05, 0) is 13.8 Å². The van der Waals surface area contributed by atoms with Crippen LogP contribution in [0.25, 0.3) is 0 Å². The summed E-state index contributed by atoms with van der Waals surface area (Å²) in [5.74, 6) is -0.0735. The number of halogens is 1. The summed E-state index contributed by atoms with van der Waals surface area (Å²) in [6, 6.07) is 0. The van der Waals surface area contributed by atoms with Gasteiger partial charge in [0.15, 0.2) is 5.78 Å². The lowest BCUT2D eigenvalue weighted by Gasteiger charge is -2.00. The first kappa shape index (κ1) is 8.56. The molecule has 0 heterocycles. The monoisotopic (exact) mass is 134 g/mol. The van der Waals surface area contributed by atoms with E-state index in [9.17, 15) is 9.18 Å². The van der Waals surface area contributed by atoms with Gasteiger partial charge in [0, 0.05) is 0 Å². The Hall–Kier alpha value is -0.440. The molecule has 54 valence electrons. The fraction of sp³-hybridized carbons (Fsp3) is 0.833. The molecule has 9 heavy (non-hydrogen) atoms. The molecule has 0 aliphatic carbocycles. The lowest BCUT2D eigenvalue weighted by molar-refractivity contribution is -0.121. The van der Waals surface area contributed by atoms with E-state index >= 15 is 0 Å². The van der Waals surface area contributed by atoms with Crippen LogP contribution in [0.2, 0.25) is 0 Å². The molecule has 0 aliphatic heterocycles. The van der Waals surface area contributed by atoms with E-state index in [0.717, 1.165) is 0 Å². The average molecular weight is 134 g/mol. The van der Waals surface area contributed by atoms with E-state index < -0.39 is 6.17 Å². The molecule has 0 amide bonds. The first-order chi connectivity index (χ1) is 4.13. The first-order valence-corrected chi connectivity index (χ1v) is 2.84. The molecular weight excluding hydrogens is 123 g/mol. The van der Waals surface area contributed by atoms with Crippen LogP contribution in [0.15, 0.2) is 0 Å². The van der Waals surface area contributed by atoms with Crippen LogP contribution in [-0.2, 0) is 9.53 Å². The molecule has 1 unspecified atom stereocenters. The lowest BCUT2D eigenvalue weighted by Crippen LogP contribution is -2.10. The van der Waals surface area contributed by atoms with Crippen molar-refractivity contribution in [2.45, 2.75) is 20.0 Å². The van der Waals surface area contributed by atoms with Gasteiger partial charge >= 0.3 is 0 Å². The van der Waals surface area contributed by atoms with E-state index in [4.69, 9.17) is 0 Å². The zero-order valence-electron chi connectivity index (χ0n) is 5.69. The van der Waals surface area contributed by atoms with Gasteiger partial charge < -0.3 is 4.74 Å². The third-order valence-electron chi connectivity index (χ3n) is 0.653. The second-order valence-electron chi connectivity index (χ2n) is 2.00. The van der Waals surface area contributed by atoms with E-state index in [1.165, 1.54) is 13.8 Å². The molecule has 0 N–H and O–H groups in total. The number of rotatable bonds is 4. The van der Waals surface area contributed by atoms with Gasteiger partial charge in [-0.3, -0.25) is 4.79 Å². The summed E-state index contributed by atoms with van der Waals surface area (Å²) < 4.78 is 16.5. The predicted octanol–water partition coefficient (Wildman–Crippen LogP) is 0.950. The Morgan fingerprint density at radius 3 is 2.67 bits per heavy atom. The Morgan fingerprint density at radius 2 is 2.33 bits per heavy atom. The van der Waals surface area contributed by atoms with E-state index in [1.54, 1.807) is 0 Å². The van der Waals surface area contributed by atoms with Gasteiger partial charge in [-0.2, -0.15) is 0 Å². The highest BCUT2D eigenvalue weighted by atomic mass is 19.1. The molecule has 0 aromatic heterocycles. The molecule has 1 atom stereocenters. The minimum absolute atomic E-state index is 0.0135. The SMILES string of the molecule is CC(=O)COCC(C)F. The average Bonchev–Trinajstić information content (AvgIpc) is 1.63. The maximum atomic E-state index is 11.9. The van der Waals surface area contributed by atoms with E-state index in [-0.39, 0.29) is 19.0 Å². The van der Waals surface area contributed by atoms with Gasteiger partial charge in [-0.15, -0.1) is 0 Å². The summed E-state index contributed by atoms with van der Waals surface area (Å²) in [6.45, 7) is 2.83. The molecule has 0 saturated heterocycles. The second-order valence-corrected chi connectivity index (χ2v) is 2.00. The van der Waals surface area contributed by atoms with Gasteiger partial charge in [0.25, 0.3) is 0 Å². The summed E-state index contributed by atoms with van der Waals surface area (Å²) >= 11 is 0. The second kappa shape index (κ2) is 4.44. The molecule has 0 aromatic rings. The lowest BCUT2D eigenvalue weighted by atomic mass is 10.4. The molecular formula is C6H11FO2. The maximum Gasteiger partial charge on any atom is 0.155 e. The van der Waals surface area contributed by atoms with Crippen molar-refractivity contribution < 1.29 is 13.9 Å². The fourth-order valence-corrected chi connectivity index (χ4v) is 0.365. The zero-order chi connectivity index (χ0) is 7.28. The van der Waals surface area contributed by atoms with Crippen molar-refractivity contribution in [1.82, 2.24) is 0 Å². The van der Waals surface area contributed by atoms with Gasteiger partial charge in [0.2, 0.25) is 0 Å². The van der Waals surface area contributed by atoms with Crippen LogP contribution in [-0.4, -0.2) is 25.2 Å². The number of alkyl halides is 1. The Bertz CT molecular complexity index is 91.1. The number of carbonyl (C=O) groups excluding carboxylic acids is 1. The highest BCUT2D eigenvalue weighted by Crippen LogP contribution is 1.88. The van der Waals surface area contributed by atoms with Crippen molar-refractivity contribution in [1.29, 1.82) is 0 Å². The summed E-state index contributed by atoms with van der Waals surface area (Å²) in [4.78, 5) is 10.2. The molecule has 3 heteroatoms. The molecule has 0 aromatic carbocycles. The van der Waals surface area contributed by atoms with Crippen molar-refractivity contribution >= 4 is 5.78 Å². The quantitative estimate of drug-likeness (QED) is 0.572. The smallest absolute Gasteiger partial charge is 0.155 e. The van der Waals surface area contributed by atoms with E-state index in [0.29, 0.717) is 0 Å². The number of ether oxygens (including phenoxy) is 1. The summed E-state index contributed by atoms with van der Waals surface area (Å²) in [7, 11) is 0. The van der Waals surface area contributed by atoms with Crippen LogP contribution < -0.4 is 0 Å². The molecule has 0 bridgehead atoms. The number of hydrogen-bond acceptors (Lipinski definition) is 2. The number of hydrogen-bond donors (Lipinski definition) is 0. The minimum Gasteiger partial charge on any atom is -0.371 e. The molecule has 0 aliphatic rings. The normalized spacial score (nSPS) is 13.2. The van der Waals surface area contributed by atoms with Crippen LogP contribution in [0, 0.1) is 0 Å². The Labute approximate surface area is 54.0 Å². The maximum absolute atomic E-state index is 11.9. The van der Waals surface area contributed by atoms with Crippen molar-refractivity contribution in [3.63, 3.8) is 0 Å².